The Kier molecular flexibility index (Phi) is 3.07. The lowest BCUT2D eigenvalue weighted by Gasteiger charge is -1.98. The van der Waals surface area contributed by atoms with Crippen molar-refractivity contribution in [2.45, 2.75) is 6.92 Å². The summed E-state index contributed by atoms with van der Waals surface area (Å²) in [6.07, 6.45) is 3.26. The standard InChI is InChI=1S/C10H8BrN/c1-8-4-5-10(11)9(7-8)3-2-6-12/h2-5,7H,1H3. The Hall–Kier alpha value is -1.07. The van der Waals surface area contributed by atoms with E-state index in [1.54, 1.807) is 6.08 Å². The fourth-order valence-corrected chi connectivity index (χ4v) is 1.30. The molecule has 0 spiro atoms. The van der Waals surface area contributed by atoms with Crippen molar-refractivity contribution in [3.05, 3.63) is 39.9 Å². The molecule has 2 heteroatoms. The number of rotatable bonds is 1. The van der Waals surface area contributed by atoms with Gasteiger partial charge >= 0.3 is 0 Å². The molecule has 0 aliphatic rings. The van der Waals surface area contributed by atoms with Gasteiger partial charge in [-0.2, -0.15) is 5.26 Å². The Morgan fingerprint density at radius 1 is 1.50 bits per heavy atom. The zero-order valence-corrected chi connectivity index (χ0v) is 8.30. The monoisotopic (exact) mass is 221 g/mol. The van der Waals surface area contributed by atoms with Gasteiger partial charge in [0.25, 0.3) is 0 Å². The van der Waals surface area contributed by atoms with Crippen molar-refractivity contribution in [2.75, 3.05) is 0 Å². The van der Waals surface area contributed by atoms with Gasteiger partial charge < -0.3 is 0 Å². The number of hydrogen-bond donors (Lipinski definition) is 0. The quantitative estimate of drug-likeness (QED) is 0.668. The largest absolute Gasteiger partial charge is 0.193 e. The normalized spacial score (nSPS) is 10.1. The molecule has 0 bridgehead atoms. The summed E-state index contributed by atoms with van der Waals surface area (Å²) < 4.78 is 1.01. The summed E-state index contributed by atoms with van der Waals surface area (Å²) >= 11 is 3.40. The van der Waals surface area contributed by atoms with Gasteiger partial charge in [-0.05, 0) is 24.6 Å². The number of hydrogen-bond acceptors (Lipinski definition) is 1. The van der Waals surface area contributed by atoms with Crippen LogP contribution in [0, 0.1) is 18.3 Å². The van der Waals surface area contributed by atoms with Crippen LogP contribution in [0.5, 0.6) is 0 Å². The first kappa shape index (κ1) is 9.02. The molecule has 1 aromatic carbocycles. The van der Waals surface area contributed by atoms with E-state index in [0.717, 1.165) is 10.0 Å². The molecule has 0 heterocycles. The van der Waals surface area contributed by atoms with Crippen molar-refractivity contribution >= 4 is 22.0 Å². The highest BCUT2D eigenvalue weighted by Gasteiger charge is 1.94. The molecule has 1 nitrogen and oxygen atoms in total. The van der Waals surface area contributed by atoms with Gasteiger partial charge in [0, 0.05) is 10.5 Å². The molecule has 1 aromatic rings. The highest BCUT2D eigenvalue weighted by molar-refractivity contribution is 9.10. The highest BCUT2D eigenvalue weighted by atomic mass is 79.9. The summed E-state index contributed by atoms with van der Waals surface area (Å²) in [5, 5.41) is 8.34. The van der Waals surface area contributed by atoms with E-state index in [1.165, 1.54) is 11.6 Å². The van der Waals surface area contributed by atoms with Crippen LogP contribution in [-0.2, 0) is 0 Å². The predicted octanol–water partition coefficient (Wildman–Crippen LogP) is 3.29. The van der Waals surface area contributed by atoms with Crippen LogP contribution in [0.1, 0.15) is 11.1 Å². The first-order valence-electron chi connectivity index (χ1n) is 3.56. The van der Waals surface area contributed by atoms with Gasteiger partial charge in [0.15, 0.2) is 0 Å². The molecule has 0 saturated carbocycles. The van der Waals surface area contributed by atoms with Crippen molar-refractivity contribution in [1.82, 2.24) is 0 Å². The van der Waals surface area contributed by atoms with Gasteiger partial charge in [-0.3, -0.25) is 0 Å². The maximum absolute atomic E-state index is 8.34. The predicted molar refractivity (Wildman–Crippen MR) is 53.5 cm³/mol. The highest BCUT2D eigenvalue weighted by Crippen LogP contribution is 2.19. The number of nitrogens with zero attached hydrogens (tertiary/aromatic N) is 1. The van der Waals surface area contributed by atoms with Crippen molar-refractivity contribution in [2.24, 2.45) is 0 Å². The van der Waals surface area contributed by atoms with Crippen LogP contribution in [-0.4, -0.2) is 0 Å². The molecule has 0 fully saturated rings. The van der Waals surface area contributed by atoms with E-state index in [2.05, 4.69) is 15.9 Å². The average Bonchev–Trinajstić information content (AvgIpc) is 2.07. The molecule has 0 aliphatic heterocycles. The third kappa shape index (κ3) is 2.21. The van der Waals surface area contributed by atoms with Gasteiger partial charge in [0.05, 0.1) is 6.07 Å². The summed E-state index contributed by atoms with van der Waals surface area (Å²) in [4.78, 5) is 0. The van der Waals surface area contributed by atoms with E-state index < -0.39 is 0 Å². The fraction of sp³-hybridized carbons (Fsp3) is 0.100. The summed E-state index contributed by atoms with van der Waals surface area (Å²) in [5.74, 6) is 0. The zero-order chi connectivity index (χ0) is 8.97. The van der Waals surface area contributed by atoms with Crippen LogP contribution in [0.25, 0.3) is 6.08 Å². The van der Waals surface area contributed by atoms with Crippen LogP contribution in [0.15, 0.2) is 28.7 Å². The van der Waals surface area contributed by atoms with Gasteiger partial charge in [0.2, 0.25) is 0 Å². The van der Waals surface area contributed by atoms with E-state index >= 15 is 0 Å². The summed E-state index contributed by atoms with van der Waals surface area (Å²) in [6, 6.07) is 7.99. The minimum atomic E-state index is 1.01. The number of aryl methyl sites for hydroxylation is 1. The third-order valence-corrected chi connectivity index (χ3v) is 2.21. The lowest BCUT2D eigenvalue weighted by Crippen LogP contribution is -1.77. The molecule has 0 aliphatic carbocycles. The van der Waals surface area contributed by atoms with Crippen molar-refractivity contribution in [3.63, 3.8) is 0 Å². The van der Waals surface area contributed by atoms with Crippen LogP contribution in [0.3, 0.4) is 0 Å². The number of allylic oxidation sites excluding steroid dienone is 1. The Morgan fingerprint density at radius 3 is 2.92 bits per heavy atom. The lowest BCUT2D eigenvalue weighted by atomic mass is 10.1. The molecule has 60 valence electrons. The number of benzene rings is 1. The molecule has 0 N–H and O–H groups in total. The lowest BCUT2D eigenvalue weighted by molar-refractivity contribution is 1.44. The maximum Gasteiger partial charge on any atom is 0.0912 e. The van der Waals surface area contributed by atoms with E-state index in [4.69, 9.17) is 5.26 Å². The minimum Gasteiger partial charge on any atom is -0.193 e. The Bertz CT molecular complexity index is 347. The summed E-state index contributed by atoms with van der Waals surface area (Å²) in [5.41, 5.74) is 2.23. The van der Waals surface area contributed by atoms with Crippen LogP contribution < -0.4 is 0 Å². The Morgan fingerprint density at radius 2 is 2.25 bits per heavy atom. The molecule has 1 rings (SSSR count). The Labute approximate surface area is 80.5 Å². The second-order valence-electron chi connectivity index (χ2n) is 2.49. The molecule has 12 heavy (non-hydrogen) atoms. The van der Waals surface area contributed by atoms with Gasteiger partial charge in [-0.15, -0.1) is 0 Å². The summed E-state index contributed by atoms with van der Waals surface area (Å²) in [7, 11) is 0. The third-order valence-electron chi connectivity index (χ3n) is 1.49. The first-order chi connectivity index (χ1) is 5.74. The van der Waals surface area contributed by atoms with E-state index in [-0.39, 0.29) is 0 Å². The summed E-state index contributed by atoms with van der Waals surface area (Å²) in [6.45, 7) is 2.02. The number of halogens is 1. The average molecular weight is 222 g/mol. The molecule has 0 aromatic heterocycles. The molecular formula is C10H8BrN. The SMILES string of the molecule is Cc1ccc(Br)c(C=CC#N)c1. The van der Waals surface area contributed by atoms with Gasteiger partial charge in [-0.25, -0.2) is 0 Å². The second-order valence-corrected chi connectivity index (χ2v) is 3.34. The zero-order valence-electron chi connectivity index (χ0n) is 6.71. The molecule has 0 unspecified atom stereocenters. The van der Waals surface area contributed by atoms with E-state index in [1.807, 2.05) is 31.2 Å². The molecule has 0 radical (unpaired) electrons. The van der Waals surface area contributed by atoms with Gasteiger partial charge in [0.1, 0.15) is 0 Å². The van der Waals surface area contributed by atoms with Crippen LogP contribution >= 0.6 is 15.9 Å². The smallest absolute Gasteiger partial charge is 0.0912 e. The van der Waals surface area contributed by atoms with E-state index in [0.29, 0.717) is 0 Å². The topological polar surface area (TPSA) is 23.8 Å². The fourth-order valence-electron chi connectivity index (χ4n) is 0.918. The Balaban J connectivity index is 3.07. The van der Waals surface area contributed by atoms with Crippen molar-refractivity contribution in [3.8, 4) is 6.07 Å². The first-order valence-corrected chi connectivity index (χ1v) is 4.35. The van der Waals surface area contributed by atoms with Crippen LogP contribution in [0.2, 0.25) is 0 Å². The molecule has 0 amide bonds. The molecule has 0 saturated heterocycles. The maximum atomic E-state index is 8.34. The van der Waals surface area contributed by atoms with Gasteiger partial charge in [-0.1, -0.05) is 33.6 Å². The second kappa shape index (κ2) is 4.08. The van der Waals surface area contributed by atoms with Crippen LogP contribution in [0.4, 0.5) is 0 Å². The molecule has 0 atom stereocenters. The minimum absolute atomic E-state index is 1.01. The number of nitriles is 1. The van der Waals surface area contributed by atoms with Crippen molar-refractivity contribution < 1.29 is 0 Å². The van der Waals surface area contributed by atoms with Crippen molar-refractivity contribution in [1.29, 1.82) is 5.26 Å². The molecular weight excluding hydrogens is 214 g/mol. The van der Waals surface area contributed by atoms with E-state index in [9.17, 15) is 0 Å².